The number of rotatable bonds is 5. The Balaban J connectivity index is 1.56. The lowest BCUT2D eigenvalue weighted by Crippen LogP contribution is -2.42. The number of amides is 1. The molecule has 0 aromatic heterocycles. The number of carboxylic acid groups (broad SMARTS) is 1. The van der Waals surface area contributed by atoms with Crippen molar-refractivity contribution >= 4 is 44.2 Å². The molecule has 0 unspecified atom stereocenters. The minimum absolute atomic E-state index is 0.210. The van der Waals surface area contributed by atoms with Crippen LogP contribution in [0.2, 0.25) is 0 Å². The molecule has 2 N–H and O–H groups in total. The summed E-state index contributed by atoms with van der Waals surface area (Å²) < 4.78 is 0. The molecule has 5 rings (SSSR count). The first-order valence-corrected chi connectivity index (χ1v) is 9.86. The number of aliphatic carboxylic acids is 1. The highest BCUT2D eigenvalue weighted by Gasteiger charge is 2.22. The summed E-state index contributed by atoms with van der Waals surface area (Å²) in [6.07, 6.45) is 0.210. The molecule has 0 aliphatic heterocycles. The van der Waals surface area contributed by atoms with Crippen LogP contribution in [0.4, 0.5) is 0 Å². The number of carboxylic acids is 1. The van der Waals surface area contributed by atoms with Crippen LogP contribution in [0, 0.1) is 0 Å². The molecule has 0 radical (unpaired) electrons. The van der Waals surface area contributed by atoms with Gasteiger partial charge in [0.25, 0.3) is 5.91 Å². The molecule has 0 fully saturated rings. The lowest BCUT2D eigenvalue weighted by molar-refractivity contribution is -0.139. The molecule has 4 heteroatoms. The molecule has 4 nitrogen and oxygen atoms in total. The molecule has 1 atom stereocenters. The molecule has 0 saturated heterocycles. The van der Waals surface area contributed by atoms with E-state index in [2.05, 4.69) is 41.7 Å². The van der Waals surface area contributed by atoms with Gasteiger partial charge in [-0.05, 0) is 50.0 Å². The highest BCUT2D eigenvalue weighted by Crippen LogP contribution is 2.36. The molecular formula is C26H19NO3. The summed E-state index contributed by atoms with van der Waals surface area (Å²) in [7, 11) is 0. The molecule has 0 aliphatic carbocycles. The van der Waals surface area contributed by atoms with Crippen molar-refractivity contribution in [3.05, 3.63) is 96.1 Å². The number of carbonyl (C=O) groups excluding carboxylic acids is 1. The van der Waals surface area contributed by atoms with Gasteiger partial charge in [-0.25, -0.2) is 4.79 Å². The van der Waals surface area contributed by atoms with E-state index < -0.39 is 12.0 Å². The Bertz CT molecular complexity index is 1380. The maximum atomic E-state index is 12.5. The van der Waals surface area contributed by atoms with Crippen LogP contribution in [0.25, 0.3) is 32.3 Å². The van der Waals surface area contributed by atoms with Crippen molar-refractivity contribution in [2.75, 3.05) is 0 Å². The van der Waals surface area contributed by atoms with E-state index in [9.17, 15) is 14.7 Å². The Hall–Kier alpha value is -3.92. The van der Waals surface area contributed by atoms with Crippen LogP contribution in [-0.4, -0.2) is 23.0 Å². The molecule has 0 spiro atoms. The second-order valence-electron chi connectivity index (χ2n) is 7.52. The SMILES string of the molecule is O=C(N[C@H](Cc1ccc2ccc3cccc4ccc1c2c34)C(=O)O)c1ccccc1. The minimum atomic E-state index is -1.05. The molecular weight excluding hydrogens is 374 g/mol. The van der Waals surface area contributed by atoms with Crippen LogP contribution in [0.3, 0.4) is 0 Å². The van der Waals surface area contributed by atoms with Crippen LogP contribution in [0.5, 0.6) is 0 Å². The number of carbonyl (C=O) groups is 2. The first kappa shape index (κ1) is 18.1. The first-order valence-electron chi connectivity index (χ1n) is 9.86. The van der Waals surface area contributed by atoms with Crippen LogP contribution in [0.1, 0.15) is 15.9 Å². The maximum Gasteiger partial charge on any atom is 0.326 e. The summed E-state index contributed by atoms with van der Waals surface area (Å²) in [5, 5.41) is 19.2. The monoisotopic (exact) mass is 393 g/mol. The third-order valence-electron chi connectivity index (χ3n) is 5.68. The van der Waals surface area contributed by atoms with Gasteiger partial charge in [-0.3, -0.25) is 4.79 Å². The van der Waals surface area contributed by atoms with E-state index in [0.29, 0.717) is 5.56 Å². The van der Waals surface area contributed by atoms with Gasteiger partial charge in [0.1, 0.15) is 6.04 Å². The van der Waals surface area contributed by atoms with Crippen molar-refractivity contribution in [1.29, 1.82) is 0 Å². The van der Waals surface area contributed by atoms with E-state index in [1.165, 1.54) is 5.39 Å². The first-order chi connectivity index (χ1) is 14.6. The lowest BCUT2D eigenvalue weighted by Gasteiger charge is -2.18. The number of hydrogen-bond acceptors (Lipinski definition) is 2. The van der Waals surface area contributed by atoms with Gasteiger partial charge < -0.3 is 10.4 Å². The maximum absolute atomic E-state index is 12.5. The molecule has 146 valence electrons. The zero-order valence-electron chi connectivity index (χ0n) is 16.1. The Labute approximate surface area is 173 Å². The van der Waals surface area contributed by atoms with Gasteiger partial charge in [-0.15, -0.1) is 0 Å². The zero-order valence-corrected chi connectivity index (χ0v) is 16.1. The minimum Gasteiger partial charge on any atom is -0.480 e. The summed E-state index contributed by atoms with van der Waals surface area (Å²) in [5.74, 6) is -1.44. The fourth-order valence-corrected chi connectivity index (χ4v) is 4.22. The fourth-order valence-electron chi connectivity index (χ4n) is 4.22. The standard InChI is InChI=1S/C26H19NO3/c28-25(19-5-2-1-3-6-19)27-22(26(29)30)15-20-12-11-18-10-9-16-7-4-8-17-13-14-21(20)24(18)23(16)17/h1-14,22H,15H2,(H,27,28)(H,29,30)/t22-/m1/s1. The molecule has 1 amide bonds. The average Bonchev–Trinajstić information content (AvgIpc) is 2.78. The van der Waals surface area contributed by atoms with Crippen molar-refractivity contribution in [3.63, 3.8) is 0 Å². The van der Waals surface area contributed by atoms with Crippen LogP contribution in [-0.2, 0) is 11.2 Å². The summed E-state index contributed by atoms with van der Waals surface area (Å²) in [6.45, 7) is 0. The molecule has 5 aromatic carbocycles. The predicted octanol–water partition coefficient (Wildman–Crippen LogP) is 5.01. The third kappa shape index (κ3) is 3.03. The van der Waals surface area contributed by atoms with Crippen molar-refractivity contribution < 1.29 is 14.7 Å². The Morgan fingerprint density at radius 1 is 0.733 bits per heavy atom. The summed E-state index contributed by atoms with van der Waals surface area (Å²) >= 11 is 0. The van der Waals surface area contributed by atoms with Gasteiger partial charge in [-0.2, -0.15) is 0 Å². The molecule has 30 heavy (non-hydrogen) atoms. The number of nitrogens with one attached hydrogen (secondary N) is 1. The second-order valence-corrected chi connectivity index (χ2v) is 7.52. The van der Waals surface area contributed by atoms with Crippen molar-refractivity contribution in [3.8, 4) is 0 Å². The van der Waals surface area contributed by atoms with Gasteiger partial charge in [0, 0.05) is 12.0 Å². The smallest absolute Gasteiger partial charge is 0.326 e. The van der Waals surface area contributed by atoms with Gasteiger partial charge in [0.05, 0.1) is 0 Å². The third-order valence-corrected chi connectivity index (χ3v) is 5.68. The summed E-state index contributed by atoms with van der Waals surface area (Å²) in [5.41, 5.74) is 1.35. The van der Waals surface area contributed by atoms with Gasteiger partial charge in [0.2, 0.25) is 0 Å². The molecule has 5 aromatic rings. The zero-order chi connectivity index (χ0) is 20.7. The van der Waals surface area contributed by atoms with Crippen molar-refractivity contribution in [2.24, 2.45) is 0 Å². The molecule has 0 heterocycles. The summed E-state index contributed by atoms with van der Waals surface area (Å²) in [4.78, 5) is 24.4. The fraction of sp³-hybridized carbons (Fsp3) is 0.0769. The van der Waals surface area contributed by atoms with Crippen LogP contribution >= 0.6 is 0 Å². The van der Waals surface area contributed by atoms with E-state index in [0.717, 1.165) is 32.5 Å². The van der Waals surface area contributed by atoms with Gasteiger partial charge in [0.15, 0.2) is 0 Å². The highest BCUT2D eigenvalue weighted by molar-refractivity contribution is 6.23. The quantitative estimate of drug-likeness (QED) is 0.413. The van der Waals surface area contributed by atoms with E-state index in [1.54, 1.807) is 24.3 Å². The lowest BCUT2D eigenvalue weighted by atomic mass is 9.90. The number of benzene rings is 5. The molecule has 0 aliphatic rings. The Kier molecular flexibility index (Phi) is 4.32. The topological polar surface area (TPSA) is 66.4 Å². The van der Waals surface area contributed by atoms with Crippen molar-refractivity contribution in [1.82, 2.24) is 5.32 Å². The van der Waals surface area contributed by atoms with Gasteiger partial charge >= 0.3 is 5.97 Å². The Morgan fingerprint density at radius 2 is 1.37 bits per heavy atom. The van der Waals surface area contributed by atoms with E-state index in [-0.39, 0.29) is 12.3 Å². The van der Waals surface area contributed by atoms with E-state index >= 15 is 0 Å². The predicted molar refractivity (Wildman–Crippen MR) is 119 cm³/mol. The van der Waals surface area contributed by atoms with Gasteiger partial charge in [-0.1, -0.05) is 72.8 Å². The largest absolute Gasteiger partial charge is 0.480 e. The van der Waals surface area contributed by atoms with Crippen LogP contribution in [0.15, 0.2) is 84.9 Å². The summed E-state index contributed by atoms with van der Waals surface area (Å²) in [6, 6.07) is 26.2. The van der Waals surface area contributed by atoms with E-state index in [4.69, 9.17) is 0 Å². The Morgan fingerprint density at radius 3 is 2.07 bits per heavy atom. The normalized spacial score (nSPS) is 12.4. The molecule has 0 saturated carbocycles. The highest BCUT2D eigenvalue weighted by atomic mass is 16.4. The van der Waals surface area contributed by atoms with Crippen molar-refractivity contribution in [2.45, 2.75) is 12.5 Å². The van der Waals surface area contributed by atoms with E-state index in [1.807, 2.05) is 24.3 Å². The van der Waals surface area contributed by atoms with Crippen LogP contribution < -0.4 is 5.32 Å². The average molecular weight is 393 g/mol. The molecule has 0 bridgehead atoms. The number of hydrogen-bond donors (Lipinski definition) is 2. The second kappa shape index (κ2) is 7.16.